The maximum atomic E-state index is 12.2. The molecule has 0 spiro atoms. The topological polar surface area (TPSA) is 72.8 Å². The predicted molar refractivity (Wildman–Crippen MR) is 91.6 cm³/mol. The Morgan fingerprint density at radius 3 is 2.83 bits per heavy atom. The van der Waals surface area contributed by atoms with Gasteiger partial charge in [0.2, 0.25) is 0 Å². The van der Waals surface area contributed by atoms with E-state index in [0.29, 0.717) is 46.3 Å². The molecule has 0 radical (unpaired) electrons. The van der Waals surface area contributed by atoms with E-state index in [2.05, 4.69) is 15.3 Å². The summed E-state index contributed by atoms with van der Waals surface area (Å²) in [5.41, 5.74) is 2.06. The zero-order chi connectivity index (χ0) is 16.8. The van der Waals surface area contributed by atoms with Gasteiger partial charge in [-0.3, -0.25) is 4.79 Å². The molecular weight excluding hydrogens is 375 g/mol. The molecule has 0 fully saturated rings. The second-order valence-electron chi connectivity index (χ2n) is 5.20. The number of nitrogens with zero attached hydrogens (tertiary/aromatic N) is 3. The average Bonchev–Trinajstić information content (AvgIpc) is 3.17. The number of nitrogens with one attached hydrogen (secondary N) is 1. The van der Waals surface area contributed by atoms with Crippen molar-refractivity contribution in [3.8, 4) is 22.6 Å². The van der Waals surface area contributed by atoms with E-state index in [1.54, 1.807) is 24.4 Å². The van der Waals surface area contributed by atoms with Crippen LogP contribution in [0.15, 0.2) is 29.2 Å². The van der Waals surface area contributed by atoms with Gasteiger partial charge in [-0.05, 0) is 18.2 Å². The number of hydrogen-bond donors (Lipinski definition) is 1. The number of aromatic nitrogens is 4. The van der Waals surface area contributed by atoms with E-state index in [0.717, 1.165) is 0 Å². The van der Waals surface area contributed by atoms with Crippen LogP contribution < -0.4 is 10.3 Å². The van der Waals surface area contributed by atoms with Crippen LogP contribution in [0.2, 0.25) is 15.2 Å². The molecule has 1 aliphatic heterocycles. The summed E-state index contributed by atoms with van der Waals surface area (Å²) in [7, 11) is 0. The fraction of sp³-hybridized carbons (Fsp3) is 0.133. The highest BCUT2D eigenvalue weighted by Crippen LogP contribution is 2.42. The average molecular weight is 384 g/mol. The predicted octanol–water partition coefficient (Wildman–Crippen LogP) is 3.52. The molecule has 122 valence electrons. The molecule has 3 heterocycles. The summed E-state index contributed by atoms with van der Waals surface area (Å²) >= 11 is 18.3. The number of H-pyrrole nitrogens is 1. The molecule has 0 bridgehead atoms. The molecule has 1 aliphatic rings. The van der Waals surface area contributed by atoms with Crippen molar-refractivity contribution in [1.82, 2.24) is 20.0 Å². The Balaban J connectivity index is 2.05. The van der Waals surface area contributed by atoms with Crippen molar-refractivity contribution in [3.05, 3.63) is 55.6 Å². The number of halogens is 3. The smallest absolute Gasteiger partial charge is 0.267 e. The highest BCUT2D eigenvalue weighted by molar-refractivity contribution is 6.34. The number of pyridine rings is 1. The van der Waals surface area contributed by atoms with Gasteiger partial charge in [0.15, 0.2) is 5.15 Å². The van der Waals surface area contributed by atoms with Gasteiger partial charge >= 0.3 is 0 Å². The first-order chi connectivity index (χ1) is 11.5. The van der Waals surface area contributed by atoms with Crippen molar-refractivity contribution in [2.24, 2.45) is 0 Å². The molecule has 1 aromatic carbocycles. The first-order valence-electron chi connectivity index (χ1n) is 7.00. The molecule has 0 amide bonds. The molecule has 0 unspecified atom stereocenters. The van der Waals surface area contributed by atoms with Crippen LogP contribution >= 0.6 is 34.8 Å². The zero-order valence-corrected chi connectivity index (χ0v) is 14.3. The Kier molecular flexibility index (Phi) is 3.75. The third kappa shape index (κ3) is 2.47. The number of fused-ring (bicyclic) bond motifs is 1. The first-order valence-corrected chi connectivity index (χ1v) is 8.13. The lowest BCUT2D eigenvalue weighted by atomic mass is 10.0. The minimum Gasteiger partial charge on any atom is -0.491 e. The van der Waals surface area contributed by atoms with Crippen LogP contribution in [-0.4, -0.2) is 26.6 Å². The third-order valence-electron chi connectivity index (χ3n) is 3.72. The van der Waals surface area contributed by atoms with Gasteiger partial charge in [-0.2, -0.15) is 0 Å². The van der Waals surface area contributed by atoms with Gasteiger partial charge in [-0.25, -0.2) is 4.68 Å². The molecule has 1 N–H and O–H groups in total. The van der Waals surface area contributed by atoms with E-state index in [1.807, 2.05) is 0 Å². The fourth-order valence-corrected chi connectivity index (χ4v) is 3.25. The van der Waals surface area contributed by atoms with E-state index in [4.69, 9.17) is 39.5 Å². The summed E-state index contributed by atoms with van der Waals surface area (Å²) in [5.74, 6) is 0.550. The van der Waals surface area contributed by atoms with Gasteiger partial charge in [-0.15, -0.1) is 5.10 Å². The minimum absolute atomic E-state index is 0.0328. The Morgan fingerprint density at radius 1 is 1.25 bits per heavy atom. The van der Waals surface area contributed by atoms with Crippen molar-refractivity contribution >= 4 is 34.8 Å². The molecule has 0 atom stereocenters. The maximum absolute atomic E-state index is 12.2. The number of rotatable bonds is 2. The summed E-state index contributed by atoms with van der Waals surface area (Å²) in [6, 6.07) is 5.16. The number of benzene rings is 1. The number of ether oxygens (including phenoxy) is 1. The van der Waals surface area contributed by atoms with Gasteiger partial charge in [-0.1, -0.05) is 40.0 Å². The van der Waals surface area contributed by atoms with Crippen molar-refractivity contribution in [1.29, 1.82) is 0 Å². The van der Waals surface area contributed by atoms with Gasteiger partial charge in [0.05, 0.1) is 29.7 Å². The largest absolute Gasteiger partial charge is 0.491 e. The van der Waals surface area contributed by atoms with E-state index < -0.39 is 0 Å². The van der Waals surface area contributed by atoms with Crippen LogP contribution in [0.3, 0.4) is 0 Å². The zero-order valence-electron chi connectivity index (χ0n) is 12.0. The number of hydrogen-bond acceptors (Lipinski definition) is 4. The van der Waals surface area contributed by atoms with Crippen LogP contribution in [0, 0.1) is 0 Å². The summed E-state index contributed by atoms with van der Waals surface area (Å²) in [6.07, 6.45) is 2.16. The standard InChI is InChI=1S/C15H9Cl3N4O2/c16-7-1-2-10(22-6-11(17)20-21-22)8(5-7)12-13(18)15(23)19-9-3-4-24-14(9)12/h1-2,5-6H,3-4H2,(H,19,23). The SMILES string of the molecule is O=c1[nH]c2c(c(-c3cc(Cl)ccc3-n3cc(Cl)nn3)c1Cl)OCC2. The molecule has 3 aromatic rings. The van der Waals surface area contributed by atoms with Crippen LogP contribution in [0.25, 0.3) is 16.8 Å². The normalized spacial score (nSPS) is 13.0. The molecular formula is C15H9Cl3N4O2. The van der Waals surface area contributed by atoms with Gasteiger partial charge in [0.25, 0.3) is 5.56 Å². The van der Waals surface area contributed by atoms with Gasteiger partial charge in [0, 0.05) is 17.0 Å². The Bertz CT molecular complexity index is 1010. The van der Waals surface area contributed by atoms with Gasteiger partial charge < -0.3 is 9.72 Å². The summed E-state index contributed by atoms with van der Waals surface area (Å²) in [6.45, 7) is 0.476. The van der Waals surface area contributed by atoms with Crippen molar-refractivity contribution in [2.75, 3.05) is 6.61 Å². The highest BCUT2D eigenvalue weighted by atomic mass is 35.5. The number of aromatic amines is 1. The maximum Gasteiger partial charge on any atom is 0.267 e. The minimum atomic E-state index is -0.376. The third-order valence-corrected chi connectivity index (χ3v) is 4.49. The van der Waals surface area contributed by atoms with E-state index in [1.165, 1.54) is 4.68 Å². The molecule has 0 aliphatic carbocycles. The lowest BCUT2D eigenvalue weighted by Gasteiger charge is -2.14. The Morgan fingerprint density at radius 2 is 2.08 bits per heavy atom. The molecule has 0 saturated heterocycles. The quantitative estimate of drug-likeness (QED) is 0.735. The monoisotopic (exact) mass is 382 g/mol. The van der Waals surface area contributed by atoms with Crippen LogP contribution in [0.4, 0.5) is 0 Å². The van der Waals surface area contributed by atoms with Crippen LogP contribution in [0.1, 0.15) is 5.69 Å². The second-order valence-corrected chi connectivity index (χ2v) is 6.40. The highest BCUT2D eigenvalue weighted by Gasteiger charge is 2.25. The van der Waals surface area contributed by atoms with E-state index >= 15 is 0 Å². The Labute approximate surface area is 150 Å². The lowest BCUT2D eigenvalue weighted by molar-refractivity contribution is 0.358. The lowest BCUT2D eigenvalue weighted by Crippen LogP contribution is -2.11. The fourth-order valence-electron chi connectivity index (χ4n) is 2.71. The second kappa shape index (κ2) is 5.81. The molecule has 6 nitrogen and oxygen atoms in total. The van der Waals surface area contributed by atoms with Crippen LogP contribution in [0.5, 0.6) is 5.75 Å². The first kappa shape index (κ1) is 15.5. The van der Waals surface area contributed by atoms with Crippen molar-refractivity contribution < 1.29 is 4.74 Å². The molecule has 24 heavy (non-hydrogen) atoms. The van der Waals surface area contributed by atoms with Crippen molar-refractivity contribution in [3.63, 3.8) is 0 Å². The summed E-state index contributed by atoms with van der Waals surface area (Å²) in [4.78, 5) is 14.9. The molecule has 4 rings (SSSR count). The summed E-state index contributed by atoms with van der Waals surface area (Å²) < 4.78 is 7.18. The van der Waals surface area contributed by atoms with Crippen molar-refractivity contribution in [2.45, 2.75) is 6.42 Å². The van der Waals surface area contributed by atoms with Gasteiger partial charge in [0.1, 0.15) is 10.8 Å². The van der Waals surface area contributed by atoms with E-state index in [-0.39, 0.29) is 15.7 Å². The molecule has 9 heteroatoms. The Hall–Kier alpha value is -2.02. The van der Waals surface area contributed by atoms with Crippen LogP contribution in [-0.2, 0) is 6.42 Å². The molecule has 2 aromatic heterocycles. The molecule has 0 saturated carbocycles. The van der Waals surface area contributed by atoms with E-state index in [9.17, 15) is 4.79 Å². The summed E-state index contributed by atoms with van der Waals surface area (Å²) in [5, 5.41) is 8.51.